The molecule has 0 spiro atoms. The van der Waals surface area contributed by atoms with Crippen molar-refractivity contribution in [1.29, 1.82) is 0 Å². The summed E-state index contributed by atoms with van der Waals surface area (Å²) < 4.78 is 25.0. The highest BCUT2D eigenvalue weighted by molar-refractivity contribution is 9.09. The topological polar surface area (TPSA) is 37.4 Å². The van der Waals surface area contributed by atoms with E-state index in [-0.39, 0.29) is 10.6 Å². The monoisotopic (exact) mass is 289 g/mol. The number of alkyl halides is 1. The fourth-order valence-electron chi connectivity index (χ4n) is 1.71. The highest BCUT2D eigenvalue weighted by Crippen LogP contribution is 2.27. The number of benzene rings is 1. The Bertz CT molecular complexity index is 472. The molecule has 1 unspecified atom stereocenters. The molecule has 2 rings (SSSR count). The first-order valence-electron chi connectivity index (χ1n) is 4.70. The minimum absolute atomic E-state index is 0.0306. The molecular weight excluding hydrogens is 278 g/mol. The second-order valence-corrected chi connectivity index (χ2v) is 6.98. The van der Waals surface area contributed by atoms with Crippen molar-refractivity contribution in [1.82, 2.24) is 0 Å². The summed E-state index contributed by atoms with van der Waals surface area (Å²) in [5, 5.41) is 0. The van der Waals surface area contributed by atoms with Crippen LogP contribution in [0.25, 0.3) is 0 Å². The van der Waals surface area contributed by atoms with Crippen LogP contribution in [0.15, 0.2) is 24.3 Å². The van der Waals surface area contributed by atoms with E-state index in [2.05, 4.69) is 15.9 Å². The van der Waals surface area contributed by atoms with Crippen molar-refractivity contribution < 1.29 is 8.42 Å². The zero-order valence-corrected chi connectivity index (χ0v) is 10.8. The van der Waals surface area contributed by atoms with Crippen LogP contribution < -0.4 is 4.31 Å². The number of anilines is 1. The lowest BCUT2D eigenvalue weighted by Gasteiger charge is -2.17. The average Bonchev–Trinajstić information content (AvgIpc) is 2.39. The van der Waals surface area contributed by atoms with E-state index in [0.717, 1.165) is 11.3 Å². The van der Waals surface area contributed by atoms with Gasteiger partial charge in [-0.1, -0.05) is 28.1 Å². The Kier molecular flexibility index (Phi) is 2.77. The number of nitrogens with zero attached hydrogens (tertiary/aromatic N) is 1. The minimum atomic E-state index is -3.12. The van der Waals surface area contributed by atoms with E-state index < -0.39 is 10.0 Å². The molecule has 0 bridgehead atoms. The van der Waals surface area contributed by atoms with Crippen LogP contribution in [0, 0.1) is 6.92 Å². The van der Waals surface area contributed by atoms with Gasteiger partial charge in [0, 0.05) is 11.4 Å². The summed E-state index contributed by atoms with van der Waals surface area (Å²) in [7, 11) is -3.12. The van der Waals surface area contributed by atoms with Crippen molar-refractivity contribution >= 4 is 31.6 Å². The van der Waals surface area contributed by atoms with Crippen LogP contribution in [0.1, 0.15) is 5.56 Å². The molecule has 82 valence electrons. The van der Waals surface area contributed by atoms with Gasteiger partial charge in [-0.3, -0.25) is 4.31 Å². The van der Waals surface area contributed by atoms with Crippen LogP contribution in [0.3, 0.4) is 0 Å². The predicted octanol–water partition coefficient (Wildman–Crippen LogP) is 1.91. The lowest BCUT2D eigenvalue weighted by Crippen LogP contribution is -2.25. The highest BCUT2D eigenvalue weighted by atomic mass is 79.9. The van der Waals surface area contributed by atoms with Gasteiger partial charge in [0.25, 0.3) is 0 Å². The molecule has 1 fully saturated rings. The third kappa shape index (κ3) is 2.18. The van der Waals surface area contributed by atoms with E-state index in [1.807, 2.05) is 31.2 Å². The van der Waals surface area contributed by atoms with Crippen molar-refractivity contribution in [2.24, 2.45) is 0 Å². The number of aryl methyl sites for hydroxylation is 1. The van der Waals surface area contributed by atoms with Gasteiger partial charge in [-0.05, 0) is 24.6 Å². The van der Waals surface area contributed by atoms with E-state index >= 15 is 0 Å². The van der Waals surface area contributed by atoms with Gasteiger partial charge >= 0.3 is 0 Å². The summed E-state index contributed by atoms with van der Waals surface area (Å²) in [6, 6.07) is 7.55. The van der Waals surface area contributed by atoms with E-state index in [1.54, 1.807) is 0 Å². The first-order valence-corrected chi connectivity index (χ1v) is 7.23. The first kappa shape index (κ1) is 11.0. The number of rotatable bonds is 1. The molecule has 1 aromatic rings. The van der Waals surface area contributed by atoms with Crippen LogP contribution in [0.5, 0.6) is 0 Å². The predicted molar refractivity (Wildman–Crippen MR) is 65.0 cm³/mol. The lowest BCUT2D eigenvalue weighted by atomic mass is 10.2. The Labute approximate surface area is 98.3 Å². The molecule has 15 heavy (non-hydrogen) atoms. The molecule has 0 saturated carbocycles. The van der Waals surface area contributed by atoms with Gasteiger partial charge in [-0.25, -0.2) is 8.42 Å². The molecule has 0 aromatic heterocycles. The second kappa shape index (κ2) is 3.79. The van der Waals surface area contributed by atoms with E-state index in [4.69, 9.17) is 0 Å². The molecule has 1 heterocycles. The number of halogens is 1. The smallest absolute Gasteiger partial charge is 0.236 e. The maximum absolute atomic E-state index is 11.8. The van der Waals surface area contributed by atoms with Crippen molar-refractivity contribution in [3.8, 4) is 0 Å². The Hall–Kier alpha value is -0.550. The Morgan fingerprint density at radius 1 is 1.47 bits per heavy atom. The van der Waals surface area contributed by atoms with Crippen LogP contribution in [-0.2, 0) is 10.0 Å². The molecule has 1 saturated heterocycles. The van der Waals surface area contributed by atoms with Crippen LogP contribution in [0.2, 0.25) is 0 Å². The molecule has 1 aromatic carbocycles. The molecule has 1 aliphatic heterocycles. The van der Waals surface area contributed by atoms with Crippen LogP contribution in [-0.4, -0.2) is 25.5 Å². The summed E-state index contributed by atoms with van der Waals surface area (Å²) in [5.41, 5.74) is 1.83. The van der Waals surface area contributed by atoms with Gasteiger partial charge in [0.2, 0.25) is 10.0 Å². The first-order chi connectivity index (χ1) is 6.99. The Balaban J connectivity index is 2.40. The molecule has 0 radical (unpaired) electrons. The molecule has 1 aliphatic rings. The van der Waals surface area contributed by atoms with Crippen molar-refractivity contribution in [2.75, 3.05) is 16.6 Å². The SMILES string of the molecule is Cc1cccc(N2CC(Br)CS2(=O)=O)c1. The number of sulfonamides is 1. The molecule has 0 amide bonds. The highest BCUT2D eigenvalue weighted by Gasteiger charge is 2.34. The van der Waals surface area contributed by atoms with Gasteiger partial charge in [0.1, 0.15) is 0 Å². The standard InChI is InChI=1S/C10H12BrNO2S/c1-8-3-2-4-10(5-8)12-6-9(11)7-15(12,13)14/h2-5,9H,6-7H2,1H3. The molecule has 0 aliphatic carbocycles. The fraction of sp³-hybridized carbons (Fsp3) is 0.400. The quantitative estimate of drug-likeness (QED) is 0.741. The summed E-state index contributed by atoms with van der Waals surface area (Å²) in [6.07, 6.45) is 0. The zero-order chi connectivity index (χ0) is 11.1. The third-order valence-corrected chi connectivity index (χ3v) is 5.28. The summed E-state index contributed by atoms with van der Waals surface area (Å²) in [6.45, 7) is 2.48. The molecule has 5 heteroatoms. The maximum Gasteiger partial charge on any atom is 0.236 e. The van der Waals surface area contributed by atoms with Crippen molar-refractivity contribution in [3.63, 3.8) is 0 Å². The second-order valence-electron chi connectivity index (χ2n) is 3.75. The average molecular weight is 290 g/mol. The number of hydrogen-bond acceptors (Lipinski definition) is 2. The van der Waals surface area contributed by atoms with Crippen molar-refractivity contribution in [2.45, 2.75) is 11.8 Å². The van der Waals surface area contributed by atoms with Crippen LogP contribution in [0.4, 0.5) is 5.69 Å². The largest absolute Gasteiger partial charge is 0.269 e. The lowest BCUT2D eigenvalue weighted by molar-refractivity contribution is 0.599. The van der Waals surface area contributed by atoms with Crippen LogP contribution >= 0.6 is 15.9 Å². The maximum atomic E-state index is 11.8. The van der Waals surface area contributed by atoms with Gasteiger partial charge < -0.3 is 0 Å². The Morgan fingerprint density at radius 3 is 2.73 bits per heavy atom. The molecule has 1 atom stereocenters. The summed E-state index contributed by atoms with van der Waals surface area (Å²) in [4.78, 5) is 0.0306. The van der Waals surface area contributed by atoms with E-state index in [1.165, 1.54) is 4.31 Å². The number of hydrogen-bond donors (Lipinski definition) is 0. The summed E-state index contributed by atoms with van der Waals surface area (Å²) >= 11 is 3.35. The zero-order valence-electron chi connectivity index (χ0n) is 8.35. The van der Waals surface area contributed by atoms with Gasteiger partial charge in [0.15, 0.2) is 0 Å². The van der Waals surface area contributed by atoms with Gasteiger partial charge in [-0.2, -0.15) is 0 Å². The van der Waals surface area contributed by atoms with E-state index in [9.17, 15) is 8.42 Å². The fourth-order valence-corrected chi connectivity index (χ4v) is 4.78. The Morgan fingerprint density at radius 2 is 2.20 bits per heavy atom. The normalized spacial score (nSPS) is 24.4. The third-order valence-electron chi connectivity index (χ3n) is 2.38. The molecule has 3 nitrogen and oxygen atoms in total. The van der Waals surface area contributed by atoms with Gasteiger partial charge in [-0.15, -0.1) is 0 Å². The minimum Gasteiger partial charge on any atom is -0.269 e. The summed E-state index contributed by atoms with van der Waals surface area (Å²) in [5.74, 6) is 0.181. The molecular formula is C10H12BrNO2S. The van der Waals surface area contributed by atoms with Gasteiger partial charge in [0.05, 0.1) is 11.4 Å². The van der Waals surface area contributed by atoms with E-state index in [0.29, 0.717) is 6.54 Å². The molecule has 0 N–H and O–H groups in total. The van der Waals surface area contributed by atoms with Crippen molar-refractivity contribution in [3.05, 3.63) is 29.8 Å².